The highest BCUT2D eigenvalue weighted by Crippen LogP contribution is 2.35. The molecule has 2 fully saturated rings. The van der Waals surface area contributed by atoms with Gasteiger partial charge in [-0.2, -0.15) is 0 Å². The van der Waals surface area contributed by atoms with E-state index in [-0.39, 0.29) is 17.9 Å². The van der Waals surface area contributed by atoms with Crippen LogP contribution in [0.5, 0.6) is 0 Å². The van der Waals surface area contributed by atoms with Crippen molar-refractivity contribution in [1.29, 1.82) is 0 Å². The van der Waals surface area contributed by atoms with Crippen LogP contribution in [-0.4, -0.2) is 18.0 Å². The molecule has 1 saturated carbocycles. The Hall–Kier alpha value is -1.26. The maximum absolute atomic E-state index is 12.8. The predicted molar refractivity (Wildman–Crippen MR) is 82.8 cm³/mol. The number of imide groups is 1. The number of carbonyl (C=O) groups excluding carboxylic acids is 2. The molecule has 1 aliphatic heterocycles. The Morgan fingerprint density at radius 1 is 1.10 bits per heavy atom. The number of carbonyl (C=O) groups is 2. The van der Waals surface area contributed by atoms with Gasteiger partial charge in [-0.15, -0.1) is 0 Å². The molecule has 4 nitrogen and oxygen atoms in total. The summed E-state index contributed by atoms with van der Waals surface area (Å²) in [7, 11) is 0. The highest BCUT2D eigenvalue weighted by Gasteiger charge is 2.42. The average Bonchev–Trinajstić information content (AvgIpc) is 2.68. The second kappa shape index (κ2) is 5.85. The summed E-state index contributed by atoms with van der Waals surface area (Å²) in [5.74, 6) is -0.338. The topological polar surface area (TPSA) is 49.4 Å². The molecule has 1 saturated heterocycles. The average molecular weight is 327 g/mol. The number of nitrogens with one attached hydrogen (secondary N) is 1. The first-order valence-electron chi connectivity index (χ1n) is 7.17. The van der Waals surface area contributed by atoms with Crippen molar-refractivity contribution in [3.8, 4) is 0 Å². The van der Waals surface area contributed by atoms with Crippen LogP contribution in [0.25, 0.3) is 0 Å². The molecule has 1 aromatic rings. The zero-order valence-electron chi connectivity index (χ0n) is 11.4. The first-order chi connectivity index (χ1) is 10.1. The van der Waals surface area contributed by atoms with Gasteiger partial charge in [-0.25, -0.2) is 9.69 Å². The molecule has 3 amide bonds. The Bertz CT molecular complexity index is 591. The van der Waals surface area contributed by atoms with Crippen molar-refractivity contribution in [2.75, 3.05) is 4.90 Å². The van der Waals surface area contributed by atoms with E-state index in [1.54, 1.807) is 18.2 Å². The number of rotatable bonds is 1. The van der Waals surface area contributed by atoms with Gasteiger partial charge in [0.1, 0.15) is 0 Å². The Morgan fingerprint density at radius 3 is 2.67 bits per heavy atom. The van der Waals surface area contributed by atoms with E-state index in [1.165, 1.54) is 0 Å². The Morgan fingerprint density at radius 2 is 1.86 bits per heavy atom. The van der Waals surface area contributed by atoms with Gasteiger partial charge in [-0.1, -0.05) is 42.5 Å². The maximum atomic E-state index is 12.8. The lowest BCUT2D eigenvalue weighted by Crippen LogP contribution is -2.60. The Kier molecular flexibility index (Phi) is 4.09. The van der Waals surface area contributed by atoms with Gasteiger partial charge in [0.25, 0.3) is 0 Å². The van der Waals surface area contributed by atoms with Crippen molar-refractivity contribution >= 4 is 40.8 Å². The van der Waals surface area contributed by atoms with Gasteiger partial charge < -0.3 is 5.32 Å². The van der Waals surface area contributed by atoms with E-state index >= 15 is 0 Å². The van der Waals surface area contributed by atoms with Crippen LogP contribution in [0.1, 0.15) is 32.1 Å². The van der Waals surface area contributed by atoms with Crippen LogP contribution < -0.4 is 10.2 Å². The van der Waals surface area contributed by atoms with Gasteiger partial charge in [0.2, 0.25) is 5.91 Å². The SMILES string of the molecule is O=C1NC2CCCCCC2C(=O)N1c1cc(Cl)ccc1Cl. The van der Waals surface area contributed by atoms with Crippen molar-refractivity contribution in [3.05, 3.63) is 28.2 Å². The van der Waals surface area contributed by atoms with Gasteiger partial charge >= 0.3 is 6.03 Å². The van der Waals surface area contributed by atoms with Crippen LogP contribution in [-0.2, 0) is 4.79 Å². The summed E-state index contributed by atoms with van der Waals surface area (Å²) >= 11 is 12.1. The number of amides is 3. The van der Waals surface area contributed by atoms with Crippen LogP contribution >= 0.6 is 23.2 Å². The maximum Gasteiger partial charge on any atom is 0.329 e. The molecule has 0 bridgehead atoms. The molecule has 1 N–H and O–H groups in total. The van der Waals surface area contributed by atoms with Crippen LogP contribution in [0.15, 0.2) is 18.2 Å². The van der Waals surface area contributed by atoms with Crippen LogP contribution in [0.4, 0.5) is 10.5 Å². The lowest BCUT2D eigenvalue weighted by molar-refractivity contribution is -0.123. The molecule has 21 heavy (non-hydrogen) atoms. The minimum atomic E-state index is -0.410. The molecule has 2 atom stereocenters. The summed E-state index contributed by atoms with van der Waals surface area (Å²) in [4.78, 5) is 26.2. The largest absolute Gasteiger partial charge is 0.334 e. The van der Waals surface area contributed by atoms with Gasteiger partial charge in [0, 0.05) is 11.1 Å². The first-order valence-corrected chi connectivity index (χ1v) is 7.93. The van der Waals surface area contributed by atoms with Crippen molar-refractivity contribution in [1.82, 2.24) is 5.32 Å². The van der Waals surface area contributed by atoms with Crippen molar-refractivity contribution < 1.29 is 9.59 Å². The zero-order chi connectivity index (χ0) is 15.0. The fourth-order valence-electron chi connectivity index (χ4n) is 3.15. The monoisotopic (exact) mass is 326 g/mol. The molecule has 2 unspecified atom stereocenters. The van der Waals surface area contributed by atoms with Crippen LogP contribution in [0.2, 0.25) is 10.0 Å². The molecule has 112 valence electrons. The number of anilines is 1. The van der Waals surface area contributed by atoms with Gasteiger partial charge in [-0.3, -0.25) is 4.79 Å². The first kappa shape index (κ1) is 14.7. The molecule has 1 heterocycles. The summed E-state index contributed by atoms with van der Waals surface area (Å²) in [6, 6.07) is 4.32. The van der Waals surface area contributed by atoms with E-state index in [2.05, 4.69) is 5.32 Å². The van der Waals surface area contributed by atoms with E-state index in [9.17, 15) is 9.59 Å². The Labute approximate surface area is 133 Å². The number of benzene rings is 1. The molecule has 1 aliphatic carbocycles. The molecule has 0 aromatic heterocycles. The zero-order valence-corrected chi connectivity index (χ0v) is 13.0. The number of hydrogen-bond acceptors (Lipinski definition) is 2. The second-order valence-corrected chi connectivity index (χ2v) is 6.41. The lowest BCUT2D eigenvalue weighted by Gasteiger charge is -2.37. The molecular weight excluding hydrogens is 311 g/mol. The number of urea groups is 1. The second-order valence-electron chi connectivity index (χ2n) is 5.57. The van der Waals surface area contributed by atoms with Crippen molar-refractivity contribution in [3.63, 3.8) is 0 Å². The third kappa shape index (κ3) is 2.74. The summed E-state index contributed by atoms with van der Waals surface area (Å²) in [5, 5.41) is 3.73. The minimum absolute atomic E-state index is 0.0540. The summed E-state index contributed by atoms with van der Waals surface area (Å²) < 4.78 is 0. The summed E-state index contributed by atoms with van der Waals surface area (Å²) in [5.41, 5.74) is 0.356. The standard InChI is InChI=1S/C15H16Cl2N2O2/c16-9-6-7-11(17)13(8-9)19-14(20)10-4-2-1-3-5-12(10)18-15(19)21/h6-8,10,12H,1-5H2,(H,18,21). The quantitative estimate of drug-likeness (QED) is 0.847. The third-order valence-corrected chi connectivity index (χ3v) is 4.77. The van der Waals surface area contributed by atoms with Crippen LogP contribution in [0, 0.1) is 5.92 Å². The fraction of sp³-hybridized carbons (Fsp3) is 0.467. The normalized spacial score (nSPS) is 26.1. The van der Waals surface area contributed by atoms with E-state index in [0.29, 0.717) is 15.7 Å². The third-order valence-electron chi connectivity index (χ3n) is 4.21. The van der Waals surface area contributed by atoms with Crippen LogP contribution in [0.3, 0.4) is 0 Å². The van der Waals surface area contributed by atoms with Gasteiger partial charge in [0.15, 0.2) is 0 Å². The van der Waals surface area contributed by atoms with Gasteiger partial charge in [-0.05, 0) is 31.0 Å². The smallest absolute Gasteiger partial charge is 0.329 e. The van der Waals surface area contributed by atoms with Gasteiger partial charge in [0.05, 0.1) is 16.6 Å². The summed E-state index contributed by atoms with van der Waals surface area (Å²) in [6.45, 7) is 0. The molecule has 0 radical (unpaired) electrons. The molecule has 2 aliphatic rings. The van der Waals surface area contributed by atoms with Crippen molar-refractivity contribution in [2.24, 2.45) is 5.92 Å². The lowest BCUT2D eigenvalue weighted by atomic mass is 9.91. The molecule has 3 rings (SSSR count). The molecular formula is C15H16Cl2N2O2. The van der Waals surface area contributed by atoms with E-state index < -0.39 is 6.03 Å². The highest BCUT2D eigenvalue weighted by atomic mass is 35.5. The minimum Gasteiger partial charge on any atom is -0.334 e. The van der Waals surface area contributed by atoms with E-state index in [1.807, 2.05) is 0 Å². The number of fused-ring (bicyclic) bond motifs is 1. The summed E-state index contributed by atoms with van der Waals surface area (Å²) in [6.07, 6.45) is 4.83. The number of hydrogen-bond donors (Lipinski definition) is 1. The Balaban J connectivity index is 1.97. The van der Waals surface area contributed by atoms with E-state index in [4.69, 9.17) is 23.2 Å². The highest BCUT2D eigenvalue weighted by molar-refractivity contribution is 6.37. The van der Waals surface area contributed by atoms with E-state index in [0.717, 1.165) is 37.0 Å². The molecule has 1 aromatic carbocycles. The molecule has 0 spiro atoms. The fourth-order valence-corrected chi connectivity index (χ4v) is 3.52. The van der Waals surface area contributed by atoms with Crippen molar-refractivity contribution in [2.45, 2.75) is 38.1 Å². The molecule has 6 heteroatoms. The number of nitrogens with zero attached hydrogens (tertiary/aromatic N) is 1. The predicted octanol–water partition coefficient (Wildman–Crippen LogP) is 4.00. The number of halogens is 2.